The summed E-state index contributed by atoms with van der Waals surface area (Å²) in [5.74, 6) is -0.735. The summed E-state index contributed by atoms with van der Waals surface area (Å²) < 4.78 is 22.6. The van der Waals surface area contributed by atoms with E-state index in [9.17, 15) is 18.3 Å². The number of primary sulfonamides is 1. The number of rotatable bonds is 5. The molecule has 0 bridgehead atoms. The van der Waals surface area contributed by atoms with Crippen LogP contribution < -0.4 is 10.5 Å². The minimum absolute atomic E-state index is 0.0899. The molecule has 0 spiro atoms. The minimum atomic E-state index is -3.91. The van der Waals surface area contributed by atoms with Crippen molar-refractivity contribution in [3.8, 4) is 0 Å². The third-order valence-corrected chi connectivity index (χ3v) is 4.53. The van der Waals surface area contributed by atoms with Gasteiger partial charge in [-0.2, -0.15) is 0 Å². The molecule has 0 amide bonds. The van der Waals surface area contributed by atoms with Crippen molar-refractivity contribution in [2.24, 2.45) is 11.1 Å². The van der Waals surface area contributed by atoms with Crippen molar-refractivity contribution in [2.45, 2.75) is 11.3 Å². The number of benzene rings is 1. The highest BCUT2D eigenvalue weighted by molar-refractivity contribution is 7.89. The molecule has 0 aromatic heterocycles. The van der Waals surface area contributed by atoms with Crippen molar-refractivity contribution >= 4 is 21.7 Å². The van der Waals surface area contributed by atoms with Crippen molar-refractivity contribution in [1.82, 2.24) is 4.90 Å². The Bertz CT molecular complexity index is 645. The van der Waals surface area contributed by atoms with E-state index in [0.29, 0.717) is 18.2 Å². The third kappa shape index (κ3) is 3.93. The lowest BCUT2D eigenvalue weighted by Gasteiger charge is -2.15. The van der Waals surface area contributed by atoms with Gasteiger partial charge in [-0.05, 0) is 44.1 Å². The molecule has 1 atom stereocenters. The summed E-state index contributed by atoms with van der Waals surface area (Å²) in [7, 11) is -1.87. The predicted octanol–water partition coefficient (Wildman–Crippen LogP) is 0.396. The Kier molecular flexibility index (Phi) is 4.50. The summed E-state index contributed by atoms with van der Waals surface area (Å²) in [5.41, 5.74) is 0.317. The van der Waals surface area contributed by atoms with Crippen LogP contribution in [0.3, 0.4) is 0 Å². The van der Waals surface area contributed by atoms with E-state index >= 15 is 0 Å². The first-order chi connectivity index (χ1) is 9.77. The summed E-state index contributed by atoms with van der Waals surface area (Å²) in [6.07, 6.45) is 1.06. The van der Waals surface area contributed by atoms with Crippen LogP contribution in [-0.2, 0) is 10.0 Å². The molecule has 0 aliphatic carbocycles. The maximum Gasteiger partial charge on any atom is 0.337 e. The van der Waals surface area contributed by atoms with Gasteiger partial charge in [0.2, 0.25) is 10.0 Å². The number of hydrogen-bond acceptors (Lipinski definition) is 5. The van der Waals surface area contributed by atoms with Crippen molar-refractivity contribution in [1.29, 1.82) is 0 Å². The second-order valence-electron chi connectivity index (χ2n) is 5.36. The number of nitrogens with zero attached hydrogens (tertiary/aromatic N) is 1. The molecule has 1 aromatic rings. The first kappa shape index (κ1) is 15.7. The lowest BCUT2D eigenvalue weighted by molar-refractivity contribution is 0.0697. The molecule has 7 nitrogen and oxygen atoms in total. The lowest BCUT2D eigenvalue weighted by atomic mass is 10.1. The quantitative estimate of drug-likeness (QED) is 0.725. The maximum absolute atomic E-state index is 11.3. The number of hydrogen-bond donors (Lipinski definition) is 3. The Morgan fingerprint density at radius 1 is 1.52 bits per heavy atom. The van der Waals surface area contributed by atoms with E-state index in [-0.39, 0.29) is 10.5 Å². The average molecular weight is 313 g/mol. The van der Waals surface area contributed by atoms with E-state index < -0.39 is 16.0 Å². The Hall–Kier alpha value is -1.64. The Balaban J connectivity index is 2.17. The van der Waals surface area contributed by atoms with Crippen molar-refractivity contribution < 1.29 is 18.3 Å². The van der Waals surface area contributed by atoms with Crippen LogP contribution >= 0.6 is 0 Å². The highest BCUT2D eigenvalue weighted by Crippen LogP contribution is 2.22. The summed E-state index contributed by atoms with van der Waals surface area (Å²) in [5, 5.41) is 17.3. The highest BCUT2D eigenvalue weighted by Gasteiger charge is 2.21. The smallest absolute Gasteiger partial charge is 0.337 e. The van der Waals surface area contributed by atoms with Crippen LogP contribution in [0.4, 0.5) is 5.69 Å². The molecule has 1 saturated heterocycles. The number of nitrogens with two attached hydrogens (primary N) is 1. The largest absolute Gasteiger partial charge is 0.478 e. The van der Waals surface area contributed by atoms with Gasteiger partial charge in [0.15, 0.2) is 0 Å². The lowest BCUT2D eigenvalue weighted by Crippen LogP contribution is -2.20. The number of sulfonamides is 1. The molecule has 1 heterocycles. The summed E-state index contributed by atoms with van der Waals surface area (Å²) >= 11 is 0. The molecule has 0 radical (unpaired) electrons. The van der Waals surface area contributed by atoms with E-state index in [4.69, 9.17) is 5.14 Å². The molecule has 116 valence electrons. The molecule has 1 fully saturated rings. The fourth-order valence-electron chi connectivity index (χ4n) is 2.48. The van der Waals surface area contributed by atoms with Crippen LogP contribution in [0.25, 0.3) is 0 Å². The van der Waals surface area contributed by atoms with E-state index in [1.807, 2.05) is 7.05 Å². The molecule has 4 N–H and O–H groups in total. The van der Waals surface area contributed by atoms with Crippen molar-refractivity contribution in [3.05, 3.63) is 23.8 Å². The number of likely N-dealkylation sites (tertiary alicyclic amines) is 1. The summed E-state index contributed by atoms with van der Waals surface area (Å²) in [6, 6.07) is 3.84. The molecule has 8 heteroatoms. The molecular weight excluding hydrogens is 294 g/mol. The van der Waals surface area contributed by atoms with E-state index in [0.717, 1.165) is 25.6 Å². The van der Waals surface area contributed by atoms with E-state index in [1.54, 1.807) is 0 Å². The van der Waals surface area contributed by atoms with E-state index in [1.165, 1.54) is 12.1 Å². The summed E-state index contributed by atoms with van der Waals surface area (Å²) in [4.78, 5) is 13.3. The van der Waals surface area contributed by atoms with Gasteiger partial charge >= 0.3 is 5.97 Å². The number of aromatic carboxylic acids is 1. The summed E-state index contributed by atoms with van der Waals surface area (Å²) in [6.45, 7) is 2.65. The Morgan fingerprint density at radius 2 is 2.24 bits per heavy atom. The van der Waals surface area contributed by atoms with Gasteiger partial charge in [-0.15, -0.1) is 0 Å². The molecule has 21 heavy (non-hydrogen) atoms. The number of carbonyl (C=O) groups is 1. The van der Waals surface area contributed by atoms with Gasteiger partial charge < -0.3 is 15.3 Å². The van der Waals surface area contributed by atoms with Crippen molar-refractivity contribution in [3.63, 3.8) is 0 Å². The predicted molar refractivity (Wildman–Crippen MR) is 78.9 cm³/mol. The standard InChI is InChI=1S/C13H19N3O4S/c1-16-5-4-9(8-16)7-15-12-3-2-10(21(14,19)20)6-11(12)13(17)18/h2-3,6,9,15H,4-5,7-8H2,1H3,(H,17,18)(H2,14,19,20). The van der Waals surface area contributed by atoms with Gasteiger partial charge in [0.25, 0.3) is 0 Å². The first-order valence-corrected chi connectivity index (χ1v) is 8.14. The molecule has 2 rings (SSSR count). The maximum atomic E-state index is 11.3. The molecule has 1 unspecified atom stereocenters. The van der Waals surface area contributed by atoms with Gasteiger partial charge in [0.05, 0.1) is 10.5 Å². The van der Waals surface area contributed by atoms with Crippen LogP contribution in [0.15, 0.2) is 23.1 Å². The normalized spacial score (nSPS) is 19.6. The van der Waals surface area contributed by atoms with Crippen LogP contribution in [0, 0.1) is 5.92 Å². The zero-order chi connectivity index (χ0) is 15.6. The molecule has 1 aromatic carbocycles. The van der Waals surface area contributed by atoms with Gasteiger partial charge in [-0.25, -0.2) is 18.4 Å². The van der Waals surface area contributed by atoms with Crippen LogP contribution in [0.5, 0.6) is 0 Å². The van der Waals surface area contributed by atoms with E-state index in [2.05, 4.69) is 10.2 Å². The number of anilines is 1. The average Bonchev–Trinajstić information content (AvgIpc) is 2.80. The molecule has 0 saturated carbocycles. The fourth-order valence-corrected chi connectivity index (χ4v) is 3.02. The second kappa shape index (κ2) is 6.00. The van der Waals surface area contributed by atoms with Crippen LogP contribution in [0.2, 0.25) is 0 Å². The van der Waals surface area contributed by atoms with Gasteiger partial charge in [-0.1, -0.05) is 0 Å². The third-order valence-electron chi connectivity index (χ3n) is 3.62. The Morgan fingerprint density at radius 3 is 2.76 bits per heavy atom. The number of carboxylic acid groups (broad SMARTS) is 1. The highest BCUT2D eigenvalue weighted by atomic mass is 32.2. The molecule has 1 aliphatic rings. The monoisotopic (exact) mass is 313 g/mol. The number of carboxylic acids is 1. The van der Waals surface area contributed by atoms with Gasteiger partial charge in [0, 0.05) is 18.8 Å². The minimum Gasteiger partial charge on any atom is -0.478 e. The van der Waals surface area contributed by atoms with Crippen LogP contribution in [-0.4, -0.2) is 51.1 Å². The topological polar surface area (TPSA) is 113 Å². The second-order valence-corrected chi connectivity index (χ2v) is 6.92. The van der Waals surface area contributed by atoms with Crippen molar-refractivity contribution in [2.75, 3.05) is 32.0 Å². The zero-order valence-corrected chi connectivity index (χ0v) is 12.6. The fraction of sp³-hybridized carbons (Fsp3) is 0.462. The van der Waals surface area contributed by atoms with Gasteiger partial charge in [-0.3, -0.25) is 0 Å². The van der Waals surface area contributed by atoms with Gasteiger partial charge in [0.1, 0.15) is 0 Å². The molecule has 1 aliphatic heterocycles. The van der Waals surface area contributed by atoms with Crippen LogP contribution in [0.1, 0.15) is 16.8 Å². The zero-order valence-electron chi connectivity index (χ0n) is 11.7. The number of nitrogens with one attached hydrogen (secondary N) is 1. The Labute approximate surface area is 123 Å². The SMILES string of the molecule is CN1CCC(CNc2ccc(S(N)(=O)=O)cc2C(=O)O)C1. The molecular formula is C13H19N3O4S. The first-order valence-electron chi connectivity index (χ1n) is 6.60.